The second kappa shape index (κ2) is 6.01. The van der Waals surface area contributed by atoms with E-state index in [-0.39, 0.29) is 17.3 Å². The number of nitrogens with zero attached hydrogens (tertiary/aromatic N) is 1. The minimum Gasteiger partial charge on any atom is -0.486 e. The summed E-state index contributed by atoms with van der Waals surface area (Å²) in [5.74, 6) is -1.05. The highest BCUT2D eigenvalue weighted by Gasteiger charge is 2.41. The molecule has 0 radical (unpaired) electrons. The first-order valence-corrected chi connectivity index (χ1v) is 9.00. The fourth-order valence-corrected chi connectivity index (χ4v) is 5.01. The lowest BCUT2D eigenvalue weighted by atomic mass is 9.92. The Morgan fingerprint density at radius 3 is 2.78 bits per heavy atom. The molecule has 0 bridgehead atoms. The molecule has 1 saturated heterocycles. The molecule has 2 heterocycles. The molecule has 1 aromatic carbocycles. The first-order chi connectivity index (χ1) is 10.9. The van der Waals surface area contributed by atoms with Gasteiger partial charge in [-0.2, -0.15) is 4.31 Å². The Morgan fingerprint density at radius 2 is 2.04 bits per heavy atom. The summed E-state index contributed by atoms with van der Waals surface area (Å²) in [4.78, 5) is 11.4. The predicted molar refractivity (Wildman–Crippen MR) is 81.1 cm³/mol. The van der Waals surface area contributed by atoms with Crippen LogP contribution in [0.4, 0.5) is 0 Å². The van der Waals surface area contributed by atoms with Crippen LogP contribution in [0.25, 0.3) is 0 Å². The van der Waals surface area contributed by atoms with Crippen LogP contribution < -0.4 is 9.47 Å². The number of rotatable bonds is 3. The van der Waals surface area contributed by atoms with Crippen LogP contribution in [-0.4, -0.2) is 49.6 Å². The summed E-state index contributed by atoms with van der Waals surface area (Å²) in [5.41, 5.74) is 0. The maximum absolute atomic E-state index is 13.0. The fourth-order valence-electron chi connectivity index (χ4n) is 3.16. The average Bonchev–Trinajstić information content (AvgIpc) is 2.54. The van der Waals surface area contributed by atoms with Crippen LogP contribution in [-0.2, 0) is 14.8 Å². The van der Waals surface area contributed by atoms with Gasteiger partial charge >= 0.3 is 5.97 Å². The van der Waals surface area contributed by atoms with E-state index in [1.165, 1.54) is 10.4 Å². The van der Waals surface area contributed by atoms with Crippen molar-refractivity contribution in [3.05, 3.63) is 18.2 Å². The van der Waals surface area contributed by atoms with Crippen molar-refractivity contribution in [1.82, 2.24) is 4.31 Å². The first kappa shape index (κ1) is 16.1. The second-order valence-corrected chi connectivity index (χ2v) is 7.58. The molecule has 2 atom stereocenters. The second-order valence-electron chi connectivity index (χ2n) is 5.72. The van der Waals surface area contributed by atoms with Crippen LogP contribution in [0.15, 0.2) is 23.1 Å². The molecule has 126 valence electrons. The van der Waals surface area contributed by atoms with E-state index < -0.39 is 28.0 Å². The summed E-state index contributed by atoms with van der Waals surface area (Å²) in [7, 11) is -3.85. The molecule has 2 aliphatic rings. The van der Waals surface area contributed by atoms with Gasteiger partial charge in [0.25, 0.3) is 0 Å². The Bertz CT molecular complexity index is 717. The number of piperidine rings is 1. The van der Waals surface area contributed by atoms with E-state index in [9.17, 15) is 18.3 Å². The fraction of sp³-hybridized carbons (Fsp3) is 0.533. The molecular formula is C15H19NO6S. The molecule has 1 aromatic rings. The zero-order valence-corrected chi connectivity index (χ0v) is 13.6. The van der Waals surface area contributed by atoms with Gasteiger partial charge in [-0.1, -0.05) is 6.07 Å². The van der Waals surface area contributed by atoms with Gasteiger partial charge < -0.3 is 14.6 Å². The lowest BCUT2D eigenvalue weighted by Gasteiger charge is -2.36. The molecule has 8 heteroatoms. The number of carboxylic acids is 1. The zero-order valence-electron chi connectivity index (χ0n) is 12.8. The van der Waals surface area contributed by atoms with Crippen LogP contribution >= 0.6 is 0 Å². The number of sulfonamides is 1. The maximum Gasteiger partial charge on any atom is 0.308 e. The molecule has 1 N–H and O–H groups in total. The van der Waals surface area contributed by atoms with Gasteiger partial charge in [-0.05, 0) is 31.9 Å². The number of para-hydroxylation sites is 1. The molecule has 0 saturated carbocycles. The van der Waals surface area contributed by atoms with Crippen LogP contribution in [0, 0.1) is 5.92 Å². The average molecular weight is 341 g/mol. The molecule has 1 fully saturated rings. The minimum atomic E-state index is -3.85. The Labute approximate surface area is 134 Å². The maximum atomic E-state index is 13.0. The molecule has 0 amide bonds. The topological polar surface area (TPSA) is 93.1 Å². The third kappa shape index (κ3) is 2.76. The smallest absolute Gasteiger partial charge is 0.308 e. The molecular weight excluding hydrogens is 322 g/mol. The molecule has 23 heavy (non-hydrogen) atoms. The summed E-state index contributed by atoms with van der Waals surface area (Å²) >= 11 is 0. The van der Waals surface area contributed by atoms with E-state index in [2.05, 4.69) is 0 Å². The van der Waals surface area contributed by atoms with Crippen molar-refractivity contribution in [3.8, 4) is 11.5 Å². The molecule has 3 rings (SSSR count). The van der Waals surface area contributed by atoms with Gasteiger partial charge in [0, 0.05) is 12.6 Å². The van der Waals surface area contributed by atoms with Crippen LogP contribution in [0.5, 0.6) is 11.5 Å². The number of carbonyl (C=O) groups is 1. The van der Waals surface area contributed by atoms with Gasteiger partial charge in [0.15, 0.2) is 11.5 Å². The first-order valence-electron chi connectivity index (χ1n) is 7.56. The van der Waals surface area contributed by atoms with E-state index >= 15 is 0 Å². The van der Waals surface area contributed by atoms with Crippen LogP contribution in [0.3, 0.4) is 0 Å². The summed E-state index contributed by atoms with van der Waals surface area (Å²) in [6, 6.07) is 4.13. The van der Waals surface area contributed by atoms with Crippen molar-refractivity contribution in [2.75, 3.05) is 19.8 Å². The van der Waals surface area contributed by atoms with Crippen molar-refractivity contribution >= 4 is 16.0 Å². The van der Waals surface area contributed by atoms with E-state index in [4.69, 9.17) is 9.47 Å². The summed E-state index contributed by atoms with van der Waals surface area (Å²) in [5, 5.41) is 9.29. The third-order valence-electron chi connectivity index (χ3n) is 4.36. The number of aliphatic carboxylic acids is 1. The van der Waals surface area contributed by atoms with Crippen LogP contribution in [0.1, 0.15) is 19.8 Å². The third-order valence-corrected chi connectivity index (χ3v) is 6.37. The van der Waals surface area contributed by atoms with Gasteiger partial charge in [-0.3, -0.25) is 4.79 Å². The molecule has 0 spiro atoms. The number of hydrogen-bond acceptors (Lipinski definition) is 5. The van der Waals surface area contributed by atoms with Gasteiger partial charge in [-0.15, -0.1) is 0 Å². The number of ether oxygens (including phenoxy) is 2. The number of fused-ring (bicyclic) bond motifs is 1. The summed E-state index contributed by atoms with van der Waals surface area (Å²) in [6.07, 6.45) is 1.00. The monoisotopic (exact) mass is 341 g/mol. The van der Waals surface area contributed by atoms with Crippen molar-refractivity contribution in [1.29, 1.82) is 0 Å². The molecule has 2 aliphatic heterocycles. The number of hydrogen-bond donors (Lipinski definition) is 1. The molecule has 0 unspecified atom stereocenters. The van der Waals surface area contributed by atoms with Crippen molar-refractivity contribution in [2.24, 2.45) is 5.92 Å². The molecule has 0 aliphatic carbocycles. The van der Waals surface area contributed by atoms with E-state index in [0.717, 1.165) is 0 Å². The van der Waals surface area contributed by atoms with Gasteiger partial charge in [-0.25, -0.2) is 8.42 Å². The Kier molecular flexibility index (Phi) is 4.20. The molecule has 0 aromatic heterocycles. The lowest BCUT2D eigenvalue weighted by Crippen LogP contribution is -2.49. The van der Waals surface area contributed by atoms with Gasteiger partial charge in [0.2, 0.25) is 10.0 Å². The standard InChI is InChI=1S/C15H19NO6S/c1-10-11(15(17)18)4-3-7-16(10)23(19,20)13-6-2-5-12-14(13)22-9-8-21-12/h2,5-6,10-11H,3-4,7-9H2,1H3,(H,17,18)/t10-,11-/m1/s1. The highest BCUT2D eigenvalue weighted by atomic mass is 32.2. The van der Waals surface area contributed by atoms with E-state index in [0.29, 0.717) is 31.7 Å². The normalized spacial score (nSPS) is 25.1. The largest absolute Gasteiger partial charge is 0.486 e. The highest BCUT2D eigenvalue weighted by molar-refractivity contribution is 7.89. The predicted octanol–water partition coefficient (Wildman–Crippen LogP) is 1.33. The highest BCUT2D eigenvalue weighted by Crippen LogP contribution is 2.39. The van der Waals surface area contributed by atoms with E-state index in [1.807, 2.05) is 0 Å². The number of benzene rings is 1. The van der Waals surface area contributed by atoms with Gasteiger partial charge in [0.1, 0.15) is 18.1 Å². The van der Waals surface area contributed by atoms with Gasteiger partial charge in [0.05, 0.1) is 5.92 Å². The number of carboxylic acid groups (broad SMARTS) is 1. The van der Waals surface area contributed by atoms with E-state index in [1.54, 1.807) is 19.1 Å². The quantitative estimate of drug-likeness (QED) is 0.891. The van der Waals surface area contributed by atoms with Crippen molar-refractivity contribution in [2.45, 2.75) is 30.7 Å². The Balaban J connectivity index is 2.00. The zero-order chi connectivity index (χ0) is 16.6. The van der Waals surface area contributed by atoms with Crippen LogP contribution in [0.2, 0.25) is 0 Å². The summed E-state index contributed by atoms with van der Waals surface area (Å²) < 4.78 is 38.3. The van der Waals surface area contributed by atoms with Crippen molar-refractivity contribution < 1.29 is 27.8 Å². The van der Waals surface area contributed by atoms with Crippen molar-refractivity contribution in [3.63, 3.8) is 0 Å². The Morgan fingerprint density at radius 1 is 1.30 bits per heavy atom. The molecule has 7 nitrogen and oxygen atoms in total. The lowest BCUT2D eigenvalue weighted by molar-refractivity contribution is -0.144. The Hall–Kier alpha value is -1.80. The SMILES string of the molecule is C[C@@H]1[C@H](C(=O)O)CCCN1S(=O)(=O)c1cccc2c1OCCO2. The minimum absolute atomic E-state index is 0.0348. The summed E-state index contributed by atoms with van der Waals surface area (Å²) in [6.45, 7) is 2.60.